The maximum Gasteiger partial charge on any atom is 0.310 e. The van der Waals surface area contributed by atoms with E-state index in [9.17, 15) is 14.9 Å². The first-order valence-electron chi connectivity index (χ1n) is 5.33. The van der Waals surface area contributed by atoms with Gasteiger partial charge in [-0.2, -0.15) is 5.26 Å². The van der Waals surface area contributed by atoms with Gasteiger partial charge < -0.3 is 4.74 Å². The molecule has 6 heteroatoms. The molecule has 0 radical (unpaired) electrons. The lowest BCUT2D eigenvalue weighted by molar-refractivity contribution is -0.385. The summed E-state index contributed by atoms with van der Waals surface area (Å²) in [6.45, 7) is 3.45. The number of hydrogen-bond acceptors (Lipinski definition) is 5. The molecule has 1 aromatic carbocycles. The fourth-order valence-electron chi connectivity index (χ4n) is 1.61. The minimum atomic E-state index is -0.567. The van der Waals surface area contributed by atoms with Crippen molar-refractivity contribution in [2.75, 3.05) is 6.61 Å². The summed E-state index contributed by atoms with van der Waals surface area (Å²) >= 11 is 0. The van der Waals surface area contributed by atoms with Gasteiger partial charge in [-0.05, 0) is 25.5 Å². The molecule has 0 fully saturated rings. The highest BCUT2D eigenvalue weighted by Gasteiger charge is 2.21. The Morgan fingerprint density at radius 1 is 1.56 bits per heavy atom. The van der Waals surface area contributed by atoms with Crippen molar-refractivity contribution < 1.29 is 14.5 Å². The van der Waals surface area contributed by atoms with Crippen LogP contribution in [-0.4, -0.2) is 17.5 Å². The number of nitrogens with zero attached hydrogens (tertiary/aromatic N) is 2. The number of esters is 1. The summed E-state index contributed by atoms with van der Waals surface area (Å²) in [5.41, 5.74) is 0.830. The van der Waals surface area contributed by atoms with E-state index in [4.69, 9.17) is 10.00 Å². The molecule has 18 heavy (non-hydrogen) atoms. The molecule has 0 amide bonds. The molecule has 0 aromatic heterocycles. The van der Waals surface area contributed by atoms with Crippen molar-refractivity contribution >= 4 is 11.7 Å². The molecule has 0 N–H and O–H groups in total. The van der Waals surface area contributed by atoms with Crippen LogP contribution in [0.15, 0.2) is 12.1 Å². The van der Waals surface area contributed by atoms with Gasteiger partial charge in [0.15, 0.2) is 0 Å². The highest BCUT2D eigenvalue weighted by molar-refractivity contribution is 5.75. The Morgan fingerprint density at radius 3 is 2.72 bits per heavy atom. The molecular formula is C12H12N2O4. The van der Waals surface area contributed by atoms with Crippen LogP contribution in [0, 0.1) is 28.4 Å². The first-order valence-corrected chi connectivity index (χ1v) is 5.33. The number of nitro benzene ring substituents is 1. The summed E-state index contributed by atoms with van der Waals surface area (Å²) in [5, 5.41) is 19.8. The largest absolute Gasteiger partial charge is 0.466 e. The van der Waals surface area contributed by atoms with Gasteiger partial charge in [-0.3, -0.25) is 14.9 Å². The standard InChI is InChI=1S/C12H12N2O4/c1-3-18-12(15)6-10-8(2)9(7-13)4-5-11(10)14(16)17/h4-5H,3,6H2,1-2H3. The molecule has 0 saturated heterocycles. The summed E-state index contributed by atoms with van der Waals surface area (Å²) < 4.78 is 4.76. The van der Waals surface area contributed by atoms with Crippen LogP contribution in [0.25, 0.3) is 0 Å². The van der Waals surface area contributed by atoms with Crippen LogP contribution in [0.2, 0.25) is 0 Å². The molecule has 0 aliphatic heterocycles. The number of benzene rings is 1. The lowest BCUT2D eigenvalue weighted by Gasteiger charge is -2.07. The second kappa shape index (κ2) is 5.77. The zero-order valence-electron chi connectivity index (χ0n) is 10.1. The second-order valence-electron chi connectivity index (χ2n) is 3.59. The number of rotatable bonds is 4. The van der Waals surface area contributed by atoms with Crippen molar-refractivity contribution in [3.8, 4) is 6.07 Å². The summed E-state index contributed by atoms with van der Waals surface area (Å²) in [6, 6.07) is 4.55. The molecule has 1 rings (SSSR count). The zero-order valence-corrected chi connectivity index (χ0v) is 10.1. The van der Waals surface area contributed by atoms with Gasteiger partial charge in [0, 0.05) is 11.6 Å². The van der Waals surface area contributed by atoms with Crippen molar-refractivity contribution in [1.29, 1.82) is 5.26 Å². The van der Waals surface area contributed by atoms with Crippen molar-refractivity contribution in [2.24, 2.45) is 0 Å². The van der Waals surface area contributed by atoms with Crippen LogP contribution in [0.4, 0.5) is 5.69 Å². The molecule has 0 saturated carbocycles. The van der Waals surface area contributed by atoms with Gasteiger partial charge in [-0.25, -0.2) is 0 Å². The van der Waals surface area contributed by atoms with Gasteiger partial charge in [-0.15, -0.1) is 0 Å². The van der Waals surface area contributed by atoms with Gasteiger partial charge in [0.2, 0.25) is 0 Å². The monoisotopic (exact) mass is 248 g/mol. The van der Waals surface area contributed by atoms with E-state index in [1.165, 1.54) is 12.1 Å². The average molecular weight is 248 g/mol. The quantitative estimate of drug-likeness (QED) is 0.460. The number of carbonyl (C=O) groups excluding carboxylic acids is 1. The highest BCUT2D eigenvalue weighted by atomic mass is 16.6. The Kier molecular flexibility index (Phi) is 4.38. The number of ether oxygens (including phenoxy) is 1. The summed E-state index contributed by atoms with van der Waals surface area (Å²) in [6.07, 6.45) is -0.203. The second-order valence-corrected chi connectivity index (χ2v) is 3.59. The van der Waals surface area contributed by atoms with E-state index < -0.39 is 10.9 Å². The third kappa shape index (κ3) is 2.83. The van der Waals surface area contributed by atoms with E-state index in [0.717, 1.165) is 0 Å². The lowest BCUT2D eigenvalue weighted by atomic mass is 9.99. The van der Waals surface area contributed by atoms with E-state index in [1.54, 1.807) is 13.8 Å². The van der Waals surface area contributed by atoms with Gasteiger partial charge in [0.05, 0.1) is 29.6 Å². The Bertz CT molecular complexity index is 532. The third-order valence-electron chi connectivity index (χ3n) is 2.52. The molecule has 94 valence electrons. The molecule has 0 bridgehead atoms. The van der Waals surface area contributed by atoms with Crippen molar-refractivity contribution in [3.63, 3.8) is 0 Å². The van der Waals surface area contributed by atoms with Crippen molar-refractivity contribution in [1.82, 2.24) is 0 Å². The van der Waals surface area contributed by atoms with Crippen LogP contribution in [-0.2, 0) is 16.0 Å². The predicted octanol–water partition coefficient (Wildman–Crippen LogP) is 1.88. The van der Waals surface area contributed by atoms with E-state index in [0.29, 0.717) is 11.1 Å². The van der Waals surface area contributed by atoms with Crippen molar-refractivity contribution in [3.05, 3.63) is 38.9 Å². The van der Waals surface area contributed by atoms with Gasteiger partial charge >= 0.3 is 5.97 Å². The normalized spacial score (nSPS) is 9.61. The first kappa shape index (κ1) is 13.6. The fraction of sp³-hybridized carbons (Fsp3) is 0.333. The minimum Gasteiger partial charge on any atom is -0.466 e. The number of nitriles is 1. The maximum absolute atomic E-state index is 11.4. The van der Waals surface area contributed by atoms with Gasteiger partial charge in [0.1, 0.15) is 0 Å². The number of carbonyl (C=O) groups is 1. The molecule has 0 heterocycles. The van der Waals surface area contributed by atoms with Crippen LogP contribution >= 0.6 is 0 Å². The predicted molar refractivity (Wildman–Crippen MR) is 62.9 cm³/mol. The summed E-state index contributed by atoms with van der Waals surface area (Å²) in [7, 11) is 0. The SMILES string of the molecule is CCOC(=O)Cc1c([N+](=O)[O-])ccc(C#N)c1C. The zero-order chi connectivity index (χ0) is 13.7. The summed E-state index contributed by atoms with van der Waals surface area (Å²) in [5.74, 6) is -0.543. The van der Waals surface area contributed by atoms with Crippen LogP contribution < -0.4 is 0 Å². The van der Waals surface area contributed by atoms with Gasteiger partial charge in [-0.1, -0.05) is 0 Å². The first-order chi connectivity index (χ1) is 8.51. The topological polar surface area (TPSA) is 93.2 Å². The highest BCUT2D eigenvalue weighted by Crippen LogP contribution is 2.25. The Hall–Kier alpha value is -2.42. The molecule has 0 aliphatic rings. The molecule has 1 aromatic rings. The summed E-state index contributed by atoms with van der Waals surface area (Å²) in [4.78, 5) is 21.7. The Balaban J connectivity index is 3.25. The van der Waals surface area contributed by atoms with Crippen LogP contribution in [0.5, 0.6) is 0 Å². The molecule has 0 atom stereocenters. The maximum atomic E-state index is 11.4. The van der Waals surface area contributed by atoms with E-state index in [1.807, 2.05) is 6.07 Å². The van der Waals surface area contributed by atoms with Crippen LogP contribution in [0.1, 0.15) is 23.6 Å². The smallest absolute Gasteiger partial charge is 0.310 e. The molecule has 0 aliphatic carbocycles. The van der Waals surface area contributed by atoms with E-state index >= 15 is 0 Å². The molecule has 0 unspecified atom stereocenters. The van der Waals surface area contributed by atoms with E-state index in [2.05, 4.69) is 0 Å². The number of nitro groups is 1. The molecule has 0 spiro atoms. The minimum absolute atomic E-state index is 0.167. The molecular weight excluding hydrogens is 236 g/mol. The lowest BCUT2D eigenvalue weighted by Crippen LogP contribution is -2.11. The average Bonchev–Trinajstić information content (AvgIpc) is 2.31. The third-order valence-corrected chi connectivity index (χ3v) is 2.52. The Morgan fingerprint density at radius 2 is 2.22 bits per heavy atom. The van der Waals surface area contributed by atoms with Crippen molar-refractivity contribution in [2.45, 2.75) is 20.3 Å². The van der Waals surface area contributed by atoms with Crippen LogP contribution in [0.3, 0.4) is 0 Å². The van der Waals surface area contributed by atoms with Gasteiger partial charge in [0.25, 0.3) is 5.69 Å². The Labute approximate surface area is 104 Å². The number of hydrogen-bond donors (Lipinski definition) is 0. The molecule has 6 nitrogen and oxygen atoms in total. The van der Waals surface area contributed by atoms with E-state index in [-0.39, 0.29) is 24.3 Å². The fourth-order valence-corrected chi connectivity index (χ4v) is 1.61.